The Morgan fingerprint density at radius 3 is 1.59 bits per heavy atom. The van der Waals surface area contributed by atoms with E-state index in [9.17, 15) is 17.6 Å². The lowest BCUT2D eigenvalue weighted by Gasteiger charge is -2.21. The number of benzene rings is 3. The normalized spacial score (nSPS) is 10.9. The van der Waals surface area contributed by atoms with Crippen LogP contribution in [0.3, 0.4) is 0 Å². The van der Waals surface area contributed by atoms with Crippen molar-refractivity contribution in [2.45, 2.75) is 13.8 Å². The molecule has 0 amide bonds. The van der Waals surface area contributed by atoms with Crippen molar-refractivity contribution < 1.29 is 31.1 Å². The molecule has 1 nitrogen and oxygen atoms in total. The molecule has 3 rings (SSSR count). The Kier molecular flexibility index (Phi) is 5.97. The van der Waals surface area contributed by atoms with Gasteiger partial charge in [0.05, 0.1) is 7.11 Å². The molecule has 0 spiro atoms. The summed E-state index contributed by atoms with van der Waals surface area (Å²) in [6.07, 6.45) is 0. The van der Waals surface area contributed by atoms with Crippen LogP contribution in [0.4, 0.5) is 26.3 Å². The first-order valence-electron chi connectivity index (χ1n) is 8.59. The minimum Gasteiger partial charge on any atom is -0.498 e. The summed E-state index contributed by atoms with van der Waals surface area (Å²) < 4.78 is 91.5. The lowest BCUT2D eigenvalue weighted by molar-refractivity contribution is 0.411. The SMILES string of the molecule is COc1cc(F)cc(F)[c]1[Al]([c]1c(F)ccc(C)c1F)[c]1c(F)ccc(C)c1F. The van der Waals surface area contributed by atoms with Crippen molar-refractivity contribution in [1.29, 1.82) is 0 Å². The number of aryl methyl sites for hydroxylation is 2. The van der Waals surface area contributed by atoms with Gasteiger partial charge in [-0.05, 0) is 50.4 Å². The summed E-state index contributed by atoms with van der Waals surface area (Å²) in [5.74, 6) is -6.78. The highest BCUT2D eigenvalue weighted by atomic mass is 27.2. The fourth-order valence-corrected chi connectivity index (χ4v) is 6.75. The first kappa shape index (κ1) is 21.3. The zero-order valence-corrected chi connectivity index (χ0v) is 16.9. The van der Waals surface area contributed by atoms with Gasteiger partial charge >= 0.3 is 14.1 Å². The molecule has 0 N–H and O–H groups in total. The maximum atomic E-state index is 15.0. The van der Waals surface area contributed by atoms with E-state index in [0.717, 1.165) is 25.3 Å². The molecule has 3 aromatic carbocycles. The van der Waals surface area contributed by atoms with Gasteiger partial charge in [-0.1, -0.05) is 12.1 Å². The third-order valence-corrected chi connectivity index (χ3v) is 8.13. The molecule has 0 bridgehead atoms. The van der Waals surface area contributed by atoms with Gasteiger partial charge in [0.1, 0.15) is 40.7 Å². The monoisotopic (exact) mass is 424 g/mol. The van der Waals surface area contributed by atoms with E-state index >= 15 is 8.78 Å². The molecule has 0 aromatic heterocycles. The van der Waals surface area contributed by atoms with Gasteiger partial charge in [-0.3, -0.25) is 0 Å². The van der Waals surface area contributed by atoms with Gasteiger partial charge in [-0.2, -0.15) is 0 Å². The van der Waals surface area contributed by atoms with Gasteiger partial charge in [-0.25, -0.2) is 26.3 Å². The summed E-state index contributed by atoms with van der Waals surface area (Å²) in [4.78, 5) is 0. The van der Waals surface area contributed by atoms with E-state index in [2.05, 4.69) is 0 Å². The minimum absolute atomic E-state index is 0.0221. The summed E-state index contributed by atoms with van der Waals surface area (Å²) >= 11 is -3.81. The average molecular weight is 424 g/mol. The third kappa shape index (κ3) is 3.75. The maximum absolute atomic E-state index is 15.0. The van der Waals surface area contributed by atoms with Crippen LogP contribution in [0, 0.1) is 48.8 Å². The molecule has 0 heterocycles. The fourth-order valence-electron chi connectivity index (χ4n) is 3.33. The van der Waals surface area contributed by atoms with E-state index in [1.54, 1.807) is 0 Å². The number of methoxy groups -OCH3 is 1. The minimum atomic E-state index is -3.81. The largest absolute Gasteiger partial charge is 0.498 e. The molecule has 29 heavy (non-hydrogen) atoms. The molecule has 0 aliphatic carbocycles. The molecule has 0 unspecified atom stereocenters. The van der Waals surface area contributed by atoms with E-state index in [-0.39, 0.29) is 16.9 Å². The second-order valence-electron chi connectivity index (χ2n) is 6.62. The van der Waals surface area contributed by atoms with Crippen molar-refractivity contribution in [2.24, 2.45) is 0 Å². The molecule has 150 valence electrons. The smallest absolute Gasteiger partial charge is 0.413 e. The third-order valence-electron chi connectivity index (χ3n) is 4.78. The van der Waals surface area contributed by atoms with Gasteiger partial charge in [0.25, 0.3) is 0 Å². The Labute approximate surface area is 167 Å². The molecule has 0 fully saturated rings. The molecule has 0 saturated carbocycles. The van der Waals surface area contributed by atoms with Crippen LogP contribution in [-0.2, 0) is 0 Å². The molecule has 0 aliphatic rings. The Morgan fingerprint density at radius 2 is 1.14 bits per heavy atom. The summed E-state index contributed by atoms with van der Waals surface area (Å²) in [6.45, 7) is 2.70. The molecule has 3 aromatic rings. The number of ether oxygens (including phenoxy) is 1. The summed E-state index contributed by atoms with van der Waals surface area (Å²) in [5, 5.41) is 0. The van der Waals surface area contributed by atoms with Crippen LogP contribution in [0.2, 0.25) is 0 Å². The van der Waals surface area contributed by atoms with E-state index in [0.29, 0.717) is 6.07 Å². The van der Waals surface area contributed by atoms with E-state index in [1.165, 1.54) is 26.0 Å². The van der Waals surface area contributed by atoms with Crippen molar-refractivity contribution in [1.82, 2.24) is 0 Å². The van der Waals surface area contributed by atoms with Gasteiger partial charge < -0.3 is 4.74 Å². The molecule has 0 radical (unpaired) electrons. The highest BCUT2D eigenvalue weighted by Crippen LogP contribution is 2.19. The van der Waals surface area contributed by atoms with Crippen molar-refractivity contribution in [3.05, 3.63) is 82.4 Å². The van der Waals surface area contributed by atoms with Gasteiger partial charge in [0.2, 0.25) is 0 Å². The zero-order valence-electron chi connectivity index (χ0n) is 15.7. The van der Waals surface area contributed by atoms with Crippen molar-refractivity contribution in [2.75, 3.05) is 7.11 Å². The highest BCUT2D eigenvalue weighted by molar-refractivity contribution is 6.96. The van der Waals surface area contributed by atoms with E-state index in [4.69, 9.17) is 4.74 Å². The topological polar surface area (TPSA) is 9.23 Å². The number of rotatable bonds is 4. The van der Waals surface area contributed by atoms with Crippen LogP contribution in [0.25, 0.3) is 0 Å². The molecular weight excluding hydrogens is 409 g/mol. The molecule has 0 saturated heterocycles. The van der Waals surface area contributed by atoms with E-state index in [1.807, 2.05) is 0 Å². The van der Waals surface area contributed by atoms with Gasteiger partial charge in [-0.15, -0.1) is 0 Å². The quantitative estimate of drug-likeness (QED) is 0.459. The lowest BCUT2D eigenvalue weighted by Crippen LogP contribution is -2.58. The first-order valence-corrected chi connectivity index (χ1v) is 10.3. The second-order valence-corrected chi connectivity index (χ2v) is 9.22. The van der Waals surface area contributed by atoms with Crippen LogP contribution >= 0.6 is 0 Å². The predicted molar refractivity (Wildman–Crippen MR) is 99.8 cm³/mol. The van der Waals surface area contributed by atoms with Crippen LogP contribution in [-0.4, -0.2) is 21.3 Å². The number of hydrogen-bond donors (Lipinski definition) is 0. The van der Waals surface area contributed by atoms with Crippen LogP contribution < -0.4 is 18.0 Å². The molecule has 8 heteroatoms. The predicted octanol–water partition coefficient (Wildman–Crippen LogP) is 3.66. The first-order chi connectivity index (χ1) is 13.7. The molecule has 0 atom stereocenters. The standard InChI is InChI=1S/C7H5F2O.2C7H5F2.Al/c1-10-7-3-5(8)2-6(9)4-7;2*1-5-2-3-6(8)4-7(5)9;/h2-3H,1H3;2*2-3H,1H3;. The van der Waals surface area contributed by atoms with Crippen molar-refractivity contribution in [3.63, 3.8) is 0 Å². The molecular formula is C21H15AlF6O. The van der Waals surface area contributed by atoms with Gasteiger partial charge in [0, 0.05) is 12.1 Å². The zero-order chi connectivity index (χ0) is 21.5. The Balaban J connectivity index is 2.51. The maximum Gasteiger partial charge on any atom is 0.413 e. The summed E-state index contributed by atoms with van der Waals surface area (Å²) in [6, 6.07) is 5.55. The number of hydrogen-bond acceptors (Lipinski definition) is 1. The van der Waals surface area contributed by atoms with Crippen LogP contribution in [0.15, 0.2) is 36.4 Å². The van der Waals surface area contributed by atoms with Crippen LogP contribution in [0.5, 0.6) is 5.75 Å². The second kappa shape index (κ2) is 8.13. The summed E-state index contributed by atoms with van der Waals surface area (Å²) in [7, 11) is 1.11. The Morgan fingerprint density at radius 1 is 0.655 bits per heavy atom. The fraction of sp³-hybridized carbons (Fsp3) is 0.143. The summed E-state index contributed by atoms with van der Waals surface area (Å²) in [5.41, 5.74) is 0.0442. The van der Waals surface area contributed by atoms with Crippen molar-refractivity contribution in [3.8, 4) is 5.75 Å². The Hall–Kier alpha value is -2.43. The van der Waals surface area contributed by atoms with Gasteiger partial charge in [0.15, 0.2) is 0 Å². The number of halogens is 6. The Bertz CT molecular complexity index is 1040. The average Bonchev–Trinajstić information content (AvgIpc) is 2.66. The van der Waals surface area contributed by atoms with Crippen LogP contribution in [0.1, 0.15) is 11.1 Å². The highest BCUT2D eigenvalue weighted by Gasteiger charge is 2.40. The lowest BCUT2D eigenvalue weighted by atomic mass is 10.2. The molecule has 0 aliphatic heterocycles. The van der Waals surface area contributed by atoms with E-state index < -0.39 is 62.3 Å². The van der Waals surface area contributed by atoms with Crippen molar-refractivity contribution >= 4 is 27.4 Å².